The number of benzene rings is 5. The first-order valence-corrected chi connectivity index (χ1v) is 31.4. The molecule has 15 rings (SSSR count). The highest BCUT2D eigenvalue weighted by Crippen LogP contribution is 2.50. The molecule has 0 aliphatic carbocycles. The van der Waals surface area contributed by atoms with E-state index >= 15 is 0 Å². The van der Waals surface area contributed by atoms with Crippen molar-refractivity contribution in [1.82, 2.24) is 49.8 Å². The third kappa shape index (κ3) is 11.9. The fourth-order valence-electron chi connectivity index (χ4n) is 12.5. The van der Waals surface area contributed by atoms with Gasteiger partial charge in [-0.15, -0.1) is 0 Å². The van der Waals surface area contributed by atoms with E-state index in [4.69, 9.17) is 49.6 Å². The molecule has 13 heteroatoms. The Morgan fingerprint density at radius 1 is 0.295 bits per heavy atom. The number of rotatable bonds is 17. The second-order valence-corrected chi connectivity index (χ2v) is 23.1. The maximum Gasteiger partial charge on any atom is 0.261 e. The minimum absolute atomic E-state index is 0.194. The summed E-state index contributed by atoms with van der Waals surface area (Å²) in [7, 11) is 0. The Morgan fingerprint density at radius 2 is 0.558 bits per heavy atom. The molecule has 9 aromatic heterocycles. The Balaban J connectivity index is 0.895. The maximum absolute atomic E-state index is 13.6. The molecule has 0 spiro atoms. The van der Waals surface area contributed by atoms with Gasteiger partial charge in [-0.1, -0.05) is 121 Å². The molecule has 0 saturated carbocycles. The van der Waals surface area contributed by atoms with E-state index in [2.05, 4.69) is 123 Å². The highest BCUT2D eigenvalue weighted by atomic mass is 16.5. The molecule has 454 valence electrons. The number of hydrogen-bond donors (Lipinski definition) is 0. The number of hydrogen-bond acceptors (Lipinski definition) is 12. The van der Waals surface area contributed by atoms with Crippen LogP contribution in [0.5, 0.6) is 5.75 Å². The van der Waals surface area contributed by atoms with Crippen molar-refractivity contribution in [2.45, 2.75) is 20.3 Å². The average molecular weight is 1230 g/mol. The molecule has 13 nitrogen and oxygen atoms in total. The van der Waals surface area contributed by atoms with Crippen LogP contribution in [-0.2, 0) is 0 Å². The third-order valence-corrected chi connectivity index (χ3v) is 17.1. The second-order valence-electron chi connectivity index (χ2n) is 23.1. The van der Waals surface area contributed by atoms with Crippen molar-refractivity contribution in [2.24, 2.45) is 0 Å². The molecule has 0 N–H and O–H groups in total. The Bertz CT molecular complexity index is 4740. The van der Waals surface area contributed by atoms with Gasteiger partial charge in [-0.2, -0.15) is 0 Å². The molecule has 10 heterocycles. The summed E-state index contributed by atoms with van der Waals surface area (Å²) in [6.45, 7) is 4.67. The number of aromatic nitrogens is 9. The minimum Gasteiger partial charge on any atom is -0.493 e. The predicted molar refractivity (Wildman–Crippen MR) is 373 cm³/mol. The molecule has 2 amide bonds. The van der Waals surface area contributed by atoms with Crippen LogP contribution in [0.1, 0.15) is 38.3 Å². The largest absolute Gasteiger partial charge is 0.493 e. The Kier molecular flexibility index (Phi) is 16.0. The number of carbonyl (C=O) groups is 2. The van der Waals surface area contributed by atoms with Gasteiger partial charge >= 0.3 is 0 Å². The van der Waals surface area contributed by atoms with Crippen LogP contribution >= 0.6 is 0 Å². The van der Waals surface area contributed by atoms with E-state index in [9.17, 15) is 9.59 Å². The van der Waals surface area contributed by atoms with Gasteiger partial charge in [0.25, 0.3) is 11.8 Å². The van der Waals surface area contributed by atoms with E-state index in [-0.39, 0.29) is 25.0 Å². The molecule has 0 bridgehead atoms. The van der Waals surface area contributed by atoms with Crippen LogP contribution in [0.15, 0.2) is 280 Å². The minimum atomic E-state index is -0.295. The van der Waals surface area contributed by atoms with Gasteiger partial charge in [0.2, 0.25) is 0 Å². The van der Waals surface area contributed by atoms with E-state index in [1.54, 1.807) is 61.4 Å². The van der Waals surface area contributed by atoms with Crippen LogP contribution in [0.25, 0.3) is 135 Å². The second kappa shape index (κ2) is 25.9. The van der Waals surface area contributed by atoms with Gasteiger partial charge in [-0.25, -0.2) is 15.0 Å². The number of ether oxygens (including phenoxy) is 1. The number of imide groups is 1. The van der Waals surface area contributed by atoms with E-state index in [0.29, 0.717) is 23.3 Å². The number of pyridine rings is 9. The Hall–Kier alpha value is -12.6. The summed E-state index contributed by atoms with van der Waals surface area (Å²) in [6.07, 6.45) is 11.1. The molecular formula is C82H58N10O3. The van der Waals surface area contributed by atoms with Crippen molar-refractivity contribution in [3.05, 3.63) is 302 Å². The average Bonchev–Trinajstić information content (AvgIpc) is 1.40. The molecule has 0 saturated heterocycles. The van der Waals surface area contributed by atoms with Crippen molar-refractivity contribution in [2.75, 3.05) is 13.2 Å². The van der Waals surface area contributed by atoms with E-state index in [1.807, 2.05) is 109 Å². The molecule has 1 aliphatic rings. The zero-order valence-corrected chi connectivity index (χ0v) is 51.9. The summed E-state index contributed by atoms with van der Waals surface area (Å²) in [5.41, 5.74) is 23.2. The summed E-state index contributed by atoms with van der Waals surface area (Å²) < 4.78 is 7.07. The van der Waals surface area contributed by atoms with Gasteiger partial charge in [0.1, 0.15) is 5.75 Å². The van der Waals surface area contributed by atoms with Gasteiger partial charge in [0.15, 0.2) is 0 Å². The van der Waals surface area contributed by atoms with Crippen LogP contribution in [0.2, 0.25) is 0 Å². The summed E-state index contributed by atoms with van der Waals surface area (Å²) >= 11 is 0. The molecule has 0 radical (unpaired) electrons. The maximum atomic E-state index is 13.6. The van der Waals surface area contributed by atoms with Gasteiger partial charge in [0, 0.05) is 43.7 Å². The van der Waals surface area contributed by atoms with Gasteiger partial charge in [-0.3, -0.25) is 44.4 Å². The smallest absolute Gasteiger partial charge is 0.261 e. The van der Waals surface area contributed by atoms with E-state index in [0.717, 1.165) is 146 Å². The van der Waals surface area contributed by atoms with Crippen molar-refractivity contribution in [1.29, 1.82) is 0 Å². The molecular weight excluding hydrogens is 1170 g/mol. The van der Waals surface area contributed by atoms with E-state index < -0.39 is 0 Å². The van der Waals surface area contributed by atoms with Crippen molar-refractivity contribution < 1.29 is 14.3 Å². The normalized spacial score (nSPS) is 11.8. The van der Waals surface area contributed by atoms with Crippen molar-refractivity contribution in [3.63, 3.8) is 0 Å². The van der Waals surface area contributed by atoms with Crippen LogP contribution < -0.4 is 4.74 Å². The first-order valence-electron chi connectivity index (χ1n) is 31.4. The number of carbonyl (C=O) groups excluding carboxylic acids is 2. The Morgan fingerprint density at radius 3 is 0.832 bits per heavy atom. The summed E-state index contributed by atoms with van der Waals surface area (Å²) in [5.74, 6) is 0.114. The number of nitrogens with zero attached hydrogens (tertiary/aromatic N) is 10. The summed E-state index contributed by atoms with van der Waals surface area (Å²) in [5, 5.41) is 0. The zero-order chi connectivity index (χ0) is 64.2. The first kappa shape index (κ1) is 58.7. The highest BCUT2D eigenvalue weighted by Gasteiger charge is 2.35. The lowest BCUT2D eigenvalue weighted by molar-refractivity contribution is 0.0646. The molecule has 95 heavy (non-hydrogen) atoms. The third-order valence-electron chi connectivity index (χ3n) is 17.1. The van der Waals surface area contributed by atoms with Gasteiger partial charge in [-0.05, 0) is 219 Å². The van der Waals surface area contributed by atoms with Crippen LogP contribution in [0, 0.1) is 13.8 Å². The van der Waals surface area contributed by atoms with Crippen LogP contribution in [0.4, 0.5) is 0 Å². The predicted octanol–water partition coefficient (Wildman–Crippen LogP) is 17.9. The van der Waals surface area contributed by atoms with Crippen molar-refractivity contribution in [3.8, 4) is 141 Å². The van der Waals surface area contributed by atoms with Crippen molar-refractivity contribution >= 4 is 11.8 Å². The lowest BCUT2D eigenvalue weighted by Gasteiger charge is -2.26. The Labute approximate surface area is 549 Å². The van der Waals surface area contributed by atoms with Gasteiger partial charge < -0.3 is 4.74 Å². The fourth-order valence-corrected chi connectivity index (χ4v) is 12.5. The molecule has 5 aromatic carbocycles. The monoisotopic (exact) mass is 1230 g/mol. The first-order chi connectivity index (χ1) is 46.8. The number of fused-ring (bicyclic) bond motifs is 1. The fraction of sp³-hybridized carbons (Fsp3) is 0.0610. The molecule has 1 aliphatic heterocycles. The molecule has 14 aromatic rings. The number of amides is 2. The van der Waals surface area contributed by atoms with E-state index in [1.165, 1.54) is 4.90 Å². The zero-order valence-electron chi connectivity index (χ0n) is 51.9. The van der Waals surface area contributed by atoms with Crippen LogP contribution in [0.3, 0.4) is 0 Å². The molecule has 0 fully saturated rings. The van der Waals surface area contributed by atoms with Crippen LogP contribution in [-0.4, -0.2) is 74.7 Å². The lowest BCUT2D eigenvalue weighted by Crippen LogP contribution is -2.31. The topological polar surface area (TPSA) is 163 Å². The molecule has 0 atom stereocenters. The summed E-state index contributed by atoms with van der Waals surface area (Å²) in [6, 6.07) is 80.6. The summed E-state index contributed by atoms with van der Waals surface area (Å²) in [4.78, 5) is 71.9. The standard InChI is InChI=1S/C82H58N10O3/c1-52-77(57-32-26-54(27-33-57)60-46-71(65-20-5-11-38-83-65)89-72(47-60)66-21-6-12-39-84-66)79(59-36-30-56(31-37-59)62-50-75(69-24-9-15-42-87-69)91-76(51-62)70-25-10-16-43-88-70)78(53(2)80(52)95-45-17-44-92-81(93)63-18-3-4-19-64(63)82(92)94)58-34-28-55(29-35-58)61-48-73(67-22-7-13-40-85-67)90-74(49-61)68-23-8-14-41-86-68/h3-16,18-43,46-51H,17,44-45H2,1-2H3. The molecule has 0 unspecified atom stereocenters. The SMILES string of the molecule is Cc1c(OCCCN2C(=O)c3ccccc3C2=O)c(C)c(-c2ccc(-c3cc(-c4ccccn4)nc(-c4ccccn4)c3)cc2)c(-c2ccc(-c3cc(-c4ccccn4)nc(-c4ccccn4)c3)cc2)c1-c1ccc(-c2cc(-c3ccccn3)nc(-c3ccccn3)c2)cc1. The highest BCUT2D eigenvalue weighted by molar-refractivity contribution is 6.21. The lowest BCUT2D eigenvalue weighted by atomic mass is 9.81. The quantitative estimate of drug-likeness (QED) is 0.0627. The van der Waals surface area contributed by atoms with Gasteiger partial charge in [0.05, 0.1) is 86.1 Å².